The van der Waals surface area contributed by atoms with E-state index in [1.807, 2.05) is 0 Å². The Balaban J connectivity index is 1.86. The monoisotopic (exact) mass is 238 g/mol. The second kappa shape index (κ2) is 5.75. The first-order chi connectivity index (χ1) is 8.25. The smallest absolute Gasteiger partial charge is 0.226 e. The number of hydrogen-bond donors (Lipinski definition) is 2. The van der Waals surface area contributed by atoms with Crippen LogP contribution in [0.5, 0.6) is 0 Å². The molecule has 0 bridgehead atoms. The molecule has 1 saturated heterocycles. The van der Waals surface area contributed by atoms with Gasteiger partial charge in [-0.15, -0.1) is 0 Å². The predicted molar refractivity (Wildman–Crippen MR) is 62.3 cm³/mol. The van der Waals surface area contributed by atoms with E-state index >= 15 is 0 Å². The highest BCUT2D eigenvalue weighted by Crippen LogP contribution is 2.13. The maximum Gasteiger partial charge on any atom is 0.226 e. The van der Waals surface area contributed by atoms with Crippen LogP contribution in [0.15, 0.2) is 24.3 Å². The molecule has 17 heavy (non-hydrogen) atoms. The van der Waals surface area contributed by atoms with Gasteiger partial charge in [0, 0.05) is 19.0 Å². The van der Waals surface area contributed by atoms with Crippen LogP contribution in [-0.4, -0.2) is 31.7 Å². The van der Waals surface area contributed by atoms with E-state index in [1.54, 1.807) is 12.1 Å². The molecule has 0 aliphatic carbocycles. The van der Waals surface area contributed by atoms with Crippen LogP contribution in [-0.2, 0) is 9.53 Å². The minimum absolute atomic E-state index is 0.00974. The summed E-state index contributed by atoms with van der Waals surface area (Å²) in [7, 11) is 0. The fourth-order valence-corrected chi connectivity index (χ4v) is 1.74. The molecule has 1 aromatic rings. The number of hydrogen-bond acceptors (Lipinski definition) is 3. The van der Waals surface area contributed by atoms with Crippen LogP contribution < -0.4 is 10.6 Å². The number of nitrogens with one attached hydrogen (secondary N) is 2. The maximum atomic E-state index is 13.3. The standard InChI is InChI=1S/C12H15FN2O2/c13-10-3-1-2-4-11(10)15-12(16)7-9-8-17-6-5-14-9/h1-4,9,14H,5-8H2,(H,15,16). The number of ether oxygens (including phenoxy) is 1. The van der Waals surface area contributed by atoms with Gasteiger partial charge in [-0.1, -0.05) is 12.1 Å². The molecule has 4 nitrogen and oxygen atoms in total. The van der Waals surface area contributed by atoms with E-state index in [9.17, 15) is 9.18 Å². The molecule has 0 saturated carbocycles. The van der Waals surface area contributed by atoms with Gasteiger partial charge in [0.1, 0.15) is 5.82 Å². The molecule has 0 radical (unpaired) electrons. The molecule has 92 valence electrons. The van der Waals surface area contributed by atoms with Crippen LogP contribution in [0.2, 0.25) is 0 Å². The van der Waals surface area contributed by atoms with Gasteiger partial charge in [-0.25, -0.2) is 4.39 Å². The highest BCUT2D eigenvalue weighted by molar-refractivity contribution is 5.91. The lowest BCUT2D eigenvalue weighted by molar-refractivity contribution is -0.117. The Morgan fingerprint density at radius 3 is 3.06 bits per heavy atom. The summed E-state index contributed by atoms with van der Waals surface area (Å²) < 4.78 is 18.5. The van der Waals surface area contributed by atoms with Gasteiger partial charge in [-0.05, 0) is 12.1 Å². The van der Waals surface area contributed by atoms with Gasteiger partial charge in [0.2, 0.25) is 5.91 Å². The normalized spacial score (nSPS) is 19.9. The molecule has 2 rings (SSSR count). The largest absolute Gasteiger partial charge is 0.378 e. The Labute approximate surface area is 99.2 Å². The number of para-hydroxylation sites is 1. The minimum Gasteiger partial charge on any atom is -0.378 e. The molecule has 1 heterocycles. The summed E-state index contributed by atoms with van der Waals surface area (Å²) in [5.41, 5.74) is 0.217. The zero-order valence-corrected chi connectivity index (χ0v) is 9.41. The average molecular weight is 238 g/mol. The van der Waals surface area contributed by atoms with Crippen molar-refractivity contribution in [2.24, 2.45) is 0 Å². The van der Waals surface area contributed by atoms with Gasteiger partial charge < -0.3 is 15.4 Å². The summed E-state index contributed by atoms with van der Waals surface area (Å²) in [6.07, 6.45) is 0.286. The number of halogens is 1. The van der Waals surface area contributed by atoms with Crippen molar-refractivity contribution in [1.29, 1.82) is 0 Å². The molecule has 2 N–H and O–H groups in total. The van der Waals surface area contributed by atoms with E-state index in [4.69, 9.17) is 4.74 Å². The number of carbonyl (C=O) groups excluding carboxylic acids is 1. The average Bonchev–Trinajstić information content (AvgIpc) is 2.33. The van der Waals surface area contributed by atoms with Gasteiger partial charge in [-0.3, -0.25) is 4.79 Å². The van der Waals surface area contributed by atoms with Gasteiger partial charge >= 0.3 is 0 Å². The highest BCUT2D eigenvalue weighted by atomic mass is 19.1. The summed E-state index contributed by atoms with van der Waals surface area (Å²) in [5.74, 6) is -0.633. The van der Waals surface area contributed by atoms with E-state index < -0.39 is 5.82 Å². The lowest BCUT2D eigenvalue weighted by atomic mass is 10.2. The van der Waals surface area contributed by atoms with E-state index in [-0.39, 0.29) is 24.1 Å². The molecule has 1 aromatic carbocycles. The summed E-state index contributed by atoms with van der Waals surface area (Å²) in [4.78, 5) is 11.7. The van der Waals surface area contributed by atoms with E-state index in [0.717, 1.165) is 6.54 Å². The Morgan fingerprint density at radius 1 is 1.53 bits per heavy atom. The Hall–Kier alpha value is -1.46. The molecule has 5 heteroatoms. The number of amides is 1. The fourth-order valence-electron chi connectivity index (χ4n) is 1.74. The number of benzene rings is 1. The van der Waals surface area contributed by atoms with Crippen LogP contribution in [0.4, 0.5) is 10.1 Å². The van der Waals surface area contributed by atoms with Gasteiger partial charge in [-0.2, -0.15) is 0 Å². The summed E-state index contributed by atoms with van der Waals surface area (Å²) in [5, 5.41) is 5.72. The molecule has 0 spiro atoms. The van der Waals surface area contributed by atoms with E-state index in [0.29, 0.717) is 13.2 Å². The summed E-state index contributed by atoms with van der Waals surface area (Å²) in [6.45, 7) is 1.94. The second-order valence-electron chi connectivity index (χ2n) is 3.96. The van der Waals surface area contributed by atoms with Crippen molar-refractivity contribution in [3.8, 4) is 0 Å². The number of morpholine rings is 1. The van der Waals surface area contributed by atoms with Crippen molar-refractivity contribution in [1.82, 2.24) is 5.32 Å². The van der Waals surface area contributed by atoms with Gasteiger partial charge in [0.05, 0.1) is 18.9 Å². The van der Waals surface area contributed by atoms with Gasteiger partial charge in [0.25, 0.3) is 0 Å². The molecule has 1 aliphatic rings. The lowest BCUT2D eigenvalue weighted by Gasteiger charge is -2.23. The molecule has 1 atom stereocenters. The Morgan fingerprint density at radius 2 is 2.35 bits per heavy atom. The van der Waals surface area contributed by atoms with Crippen molar-refractivity contribution in [2.75, 3.05) is 25.1 Å². The lowest BCUT2D eigenvalue weighted by Crippen LogP contribution is -2.43. The van der Waals surface area contributed by atoms with Crippen molar-refractivity contribution in [2.45, 2.75) is 12.5 Å². The number of anilines is 1. The molecule has 1 fully saturated rings. The molecule has 1 aliphatic heterocycles. The molecule has 1 unspecified atom stereocenters. The van der Waals surface area contributed by atoms with Crippen molar-refractivity contribution in [3.05, 3.63) is 30.1 Å². The van der Waals surface area contributed by atoms with Crippen molar-refractivity contribution >= 4 is 11.6 Å². The van der Waals surface area contributed by atoms with Crippen LogP contribution in [0.25, 0.3) is 0 Å². The van der Waals surface area contributed by atoms with Crippen molar-refractivity contribution in [3.63, 3.8) is 0 Å². The quantitative estimate of drug-likeness (QED) is 0.830. The third-order valence-electron chi connectivity index (χ3n) is 2.58. The van der Waals surface area contributed by atoms with E-state index in [1.165, 1.54) is 12.1 Å². The number of carbonyl (C=O) groups is 1. The SMILES string of the molecule is O=C(CC1COCCN1)Nc1ccccc1F. The Bertz CT molecular complexity index is 392. The third-order valence-corrected chi connectivity index (χ3v) is 2.58. The van der Waals surface area contributed by atoms with Crippen LogP contribution >= 0.6 is 0 Å². The topological polar surface area (TPSA) is 50.4 Å². The summed E-state index contributed by atoms with van der Waals surface area (Å²) >= 11 is 0. The van der Waals surface area contributed by atoms with Crippen LogP contribution in [0.3, 0.4) is 0 Å². The fraction of sp³-hybridized carbons (Fsp3) is 0.417. The first kappa shape index (κ1) is 12.0. The zero-order chi connectivity index (χ0) is 12.1. The molecule has 1 amide bonds. The molecular formula is C12H15FN2O2. The Kier molecular flexibility index (Phi) is 4.06. The highest BCUT2D eigenvalue weighted by Gasteiger charge is 2.17. The molecular weight excluding hydrogens is 223 g/mol. The number of rotatable bonds is 3. The minimum atomic E-state index is -0.422. The van der Waals surface area contributed by atoms with Crippen LogP contribution in [0, 0.1) is 5.82 Å². The molecule has 0 aromatic heterocycles. The predicted octanol–water partition coefficient (Wildman–Crippen LogP) is 1.14. The van der Waals surface area contributed by atoms with Crippen molar-refractivity contribution < 1.29 is 13.9 Å². The van der Waals surface area contributed by atoms with Gasteiger partial charge in [0.15, 0.2) is 0 Å². The third kappa shape index (κ3) is 3.51. The first-order valence-corrected chi connectivity index (χ1v) is 5.61. The second-order valence-corrected chi connectivity index (χ2v) is 3.96. The maximum absolute atomic E-state index is 13.3. The zero-order valence-electron chi connectivity index (χ0n) is 9.41. The summed E-state index contributed by atoms with van der Waals surface area (Å²) in [6, 6.07) is 6.13. The first-order valence-electron chi connectivity index (χ1n) is 5.61. The van der Waals surface area contributed by atoms with Crippen LogP contribution in [0.1, 0.15) is 6.42 Å². The van der Waals surface area contributed by atoms with E-state index in [2.05, 4.69) is 10.6 Å².